The van der Waals surface area contributed by atoms with Crippen LogP contribution in [0.15, 0.2) is 0 Å². The van der Waals surface area contributed by atoms with Gasteiger partial charge in [-0.1, -0.05) is 13.8 Å². The van der Waals surface area contributed by atoms with Crippen LogP contribution in [-0.4, -0.2) is 22.2 Å². The van der Waals surface area contributed by atoms with Crippen molar-refractivity contribution < 1.29 is 85.2 Å². The summed E-state index contributed by atoms with van der Waals surface area (Å²) in [6.07, 6.45) is 0.774. The van der Waals surface area contributed by atoms with Crippen LogP contribution in [0, 0.1) is 35.5 Å². The minimum absolute atomic E-state index is 0. The summed E-state index contributed by atoms with van der Waals surface area (Å²) < 4.78 is 0. The predicted molar refractivity (Wildman–Crippen MR) is 52.2 cm³/mol. The summed E-state index contributed by atoms with van der Waals surface area (Å²) >= 11 is 0. The Morgan fingerprint density at radius 3 is 1.41 bits per heavy atom. The van der Waals surface area contributed by atoms with Gasteiger partial charge in [0.2, 0.25) is 0 Å². The van der Waals surface area contributed by atoms with Crippen molar-refractivity contribution in [3.05, 3.63) is 0 Å². The molecule has 0 heterocycles. The van der Waals surface area contributed by atoms with E-state index in [1.165, 1.54) is 0 Å². The van der Waals surface area contributed by atoms with Crippen LogP contribution in [0.1, 0.15) is 20.3 Å². The second-order valence-electron chi connectivity index (χ2n) is 5.01. The molecule has 2 rings (SSSR count). The van der Waals surface area contributed by atoms with Gasteiger partial charge in [-0.25, -0.2) is 0 Å². The SMILES string of the molecule is CC1C(C)C2CC1C(C(=O)O)C2C(=O)O.[Y].[Y]. The quantitative estimate of drug-likeness (QED) is 0.746. The molecule has 2 bridgehead atoms. The van der Waals surface area contributed by atoms with Crippen molar-refractivity contribution in [3.63, 3.8) is 0 Å². The van der Waals surface area contributed by atoms with Crippen LogP contribution in [0.5, 0.6) is 0 Å². The van der Waals surface area contributed by atoms with Gasteiger partial charge in [0.25, 0.3) is 0 Å². The Morgan fingerprint density at radius 2 is 1.18 bits per heavy atom. The Kier molecular flexibility index (Phi) is 6.98. The molecule has 0 aromatic carbocycles. The molecule has 2 aliphatic carbocycles. The Morgan fingerprint density at radius 1 is 0.882 bits per heavy atom. The summed E-state index contributed by atoms with van der Waals surface area (Å²) in [5.41, 5.74) is 0. The average Bonchev–Trinajstić information content (AvgIpc) is 2.64. The summed E-state index contributed by atoms with van der Waals surface area (Å²) in [6.45, 7) is 4.09. The first kappa shape index (κ1) is 18.1. The number of hydrogen-bond acceptors (Lipinski definition) is 2. The standard InChI is InChI=1S/C11H16O4.2Y/c1-4-5(2)7-3-6(4)8(10(12)13)9(7)11(14)15;;/h4-9H,3H2,1-2H3,(H,12,13)(H,14,15);;. The average molecular weight is 390 g/mol. The summed E-state index contributed by atoms with van der Waals surface area (Å²) in [4.78, 5) is 22.2. The molecule has 2 aliphatic rings. The topological polar surface area (TPSA) is 74.6 Å². The normalized spacial score (nSPS) is 42.5. The molecule has 0 spiro atoms. The third kappa shape index (κ3) is 2.85. The van der Waals surface area contributed by atoms with Gasteiger partial charge < -0.3 is 10.2 Å². The summed E-state index contributed by atoms with van der Waals surface area (Å²) in [7, 11) is 0. The molecule has 0 saturated heterocycles. The maximum Gasteiger partial charge on any atom is 0.307 e. The maximum absolute atomic E-state index is 11.1. The fraction of sp³-hybridized carbons (Fsp3) is 0.818. The van der Waals surface area contributed by atoms with Gasteiger partial charge in [-0.3, -0.25) is 9.59 Å². The Bertz CT molecular complexity index is 291. The minimum Gasteiger partial charge on any atom is -0.481 e. The summed E-state index contributed by atoms with van der Waals surface area (Å²) in [5.74, 6) is -2.41. The number of aliphatic carboxylic acids is 2. The molecule has 2 radical (unpaired) electrons. The van der Waals surface area contributed by atoms with Crippen molar-refractivity contribution in [3.8, 4) is 0 Å². The van der Waals surface area contributed by atoms with Crippen LogP contribution < -0.4 is 0 Å². The Hall–Kier alpha value is 1.15. The van der Waals surface area contributed by atoms with Crippen molar-refractivity contribution in [2.75, 3.05) is 0 Å². The van der Waals surface area contributed by atoms with E-state index in [0.717, 1.165) is 6.42 Å². The van der Waals surface area contributed by atoms with E-state index >= 15 is 0 Å². The van der Waals surface area contributed by atoms with Crippen molar-refractivity contribution in [1.29, 1.82) is 0 Å². The van der Waals surface area contributed by atoms with E-state index in [0.29, 0.717) is 11.8 Å². The number of fused-ring (bicyclic) bond motifs is 2. The van der Waals surface area contributed by atoms with E-state index in [1.807, 2.05) is 13.8 Å². The molecular weight excluding hydrogens is 374 g/mol. The molecule has 17 heavy (non-hydrogen) atoms. The molecule has 0 aliphatic heterocycles. The molecule has 0 aromatic heterocycles. The smallest absolute Gasteiger partial charge is 0.307 e. The molecule has 2 N–H and O–H groups in total. The molecule has 6 atom stereocenters. The molecule has 2 fully saturated rings. The van der Waals surface area contributed by atoms with Crippen LogP contribution >= 0.6 is 0 Å². The maximum atomic E-state index is 11.1. The zero-order valence-electron chi connectivity index (χ0n) is 10.0. The number of carbonyl (C=O) groups is 2. The van der Waals surface area contributed by atoms with E-state index in [4.69, 9.17) is 10.2 Å². The summed E-state index contributed by atoms with van der Waals surface area (Å²) in [6, 6.07) is 0. The molecule has 4 nitrogen and oxygen atoms in total. The molecule has 90 valence electrons. The van der Waals surface area contributed by atoms with E-state index in [1.54, 1.807) is 0 Å². The first-order valence-electron chi connectivity index (χ1n) is 5.40. The van der Waals surface area contributed by atoms with Crippen molar-refractivity contribution in [2.24, 2.45) is 35.5 Å². The van der Waals surface area contributed by atoms with Crippen molar-refractivity contribution in [1.82, 2.24) is 0 Å². The fourth-order valence-electron chi connectivity index (χ4n) is 3.68. The minimum atomic E-state index is -0.936. The first-order valence-corrected chi connectivity index (χ1v) is 5.40. The number of rotatable bonds is 2. The van der Waals surface area contributed by atoms with Crippen LogP contribution in [-0.2, 0) is 75.0 Å². The zero-order chi connectivity index (χ0) is 11.3. The largest absolute Gasteiger partial charge is 0.481 e. The van der Waals surface area contributed by atoms with Crippen molar-refractivity contribution in [2.45, 2.75) is 20.3 Å². The van der Waals surface area contributed by atoms with E-state index in [2.05, 4.69) is 0 Å². The van der Waals surface area contributed by atoms with Gasteiger partial charge in [-0.05, 0) is 30.1 Å². The van der Waals surface area contributed by atoms with Gasteiger partial charge in [-0.2, -0.15) is 0 Å². The van der Waals surface area contributed by atoms with E-state index in [-0.39, 0.29) is 77.3 Å². The van der Waals surface area contributed by atoms with Gasteiger partial charge in [-0.15, -0.1) is 0 Å². The fourth-order valence-corrected chi connectivity index (χ4v) is 3.68. The Labute approximate surface area is 151 Å². The summed E-state index contributed by atoms with van der Waals surface area (Å²) in [5, 5.41) is 18.2. The molecule has 0 aromatic rings. The number of carboxylic acids is 2. The number of carboxylic acid groups (broad SMARTS) is 2. The third-order valence-corrected chi connectivity index (χ3v) is 4.60. The monoisotopic (exact) mass is 390 g/mol. The molecule has 6 unspecified atom stereocenters. The van der Waals surface area contributed by atoms with Crippen LogP contribution in [0.25, 0.3) is 0 Å². The second kappa shape index (κ2) is 6.54. The molecule has 0 amide bonds. The number of hydrogen-bond donors (Lipinski definition) is 2. The zero-order valence-corrected chi connectivity index (χ0v) is 15.7. The van der Waals surface area contributed by atoms with Crippen LogP contribution in [0.2, 0.25) is 0 Å². The molecule has 6 heteroatoms. The van der Waals surface area contributed by atoms with E-state index in [9.17, 15) is 9.59 Å². The van der Waals surface area contributed by atoms with Gasteiger partial charge in [0.15, 0.2) is 0 Å². The van der Waals surface area contributed by atoms with Gasteiger partial charge in [0, 0.05) is 65.4 Å². The van der Waals surface area contributed by atoms with Gasteiger partial charge in [0.1, 0.15) is 0 Å². The Balaban J connectivity index is 0.00000128. The van der Waals surface area contributed by atoms with Gasteiger partial charge >= 0.3 is 11.9 Å². The van der Waals surface area contributed by atoms with Crippen LogP contribution in [0.3, 0.4) is 0 Å². The van der Waals surface area contributed by atoms with Gasteiger partial charge in [0.05, 0.1) is 11.8 Å². The second-order valence-corrected chi connectivity index (χ2v) is 5.01. The molecule has 2 saturated carbocycles. The third-order valence-electron chi connectivity index (χ3n) is 4.60. The van der Waals surface area contributed by atoms with Crippen molar-refractivity contribution >= 4 is 11.9 Å². The van der Waals surface area contributed by atoms with Crippen LogP contribution in [0.4, 0.5) is 0 Å². The molecular formula is C11H16O4Y2. The first-order chi connectivity index (χ1) is 6.95. The predicted octanol–water partition coefficient (Wildman–Crippen LogP) is 1.30. The van der Waals surface area contributed by atoms with E-state index < -0.39 is 23.8 Å².